The molecule has 2 aromatic heterocycles. The minimum absolute atomic E-state index is 0.140. The highest BCUT2D eigenvalue weighted by molar-refractivity contribution is 9.11. The summed E-state index contributed by atoms with van der Waals surface area (Å²) in [5.41, 5.74) is 3.64. The fourth-order valence-corrected chi connectivity index (χ4v) is 3.21. The summed E-state index contributed by atoms with van der Waals surface area (Å²) >= 11 is 6.90. The Morgan fingerprint density at radius 3 is 2.70 bits per heavy atom. The van der Waals surface area contributed by atoms with Gasteiger partial charge in [0.15, 0.2) is 0 Å². The molecule has 0 aliphatic rings. The molecule has 1 atom stereocenters. The molecule has 2 heterocycles. The van der Waals surface area contributed by atoms with Gasteiger partial charge in [0.2, 0.25) is 0 Å². The van der Waals surface area contributed by atoms with Gasteiger partial charge in [0.25, 0.3) is 0 Å². The number of aromatic nitrogens is 4. The van der Waals surface area contributed by atoms with Crippen LogP contribution in [0.5, 0.6) is 0 Å². The molecule has 20 heavy (non-hydrogen) atoms. The first-order chi connectivity index (χ1) is 9.52. The van der Waals surface area contributed by atoms with E-state index in [4.69, 9.17) is 5.84 Å². The van der Waals surface area contributed by atoms with Gasteiger partial charge in [-0.25, -0.2) is 9.67 Å². The third-order valence-electron chi connectivity index (χ3n) is 2.89. The summed E-state index contributed by atoms with van der Waals surface area (Å²) in [5.74, 6) is 6.55. The fraction of sp³-hybridized carbons (Fsp3) is 0.417. The summed E-state index contributed by atoms with van der Waals surface area (Å²) in [7, 11) is 0. The Labute approximate surface area is 134 Å². The van der Waals surface area contributed by atoms with Crippen molar-refractivity contribution in [1.82, 2.24) is 25.2 Å². The molecule has 0 aromatic carbocycles. The van der Waals surface area contributed by atoms with Gasteiger partial charge in [0.05, 0.1) is 11.7 Å². The summed E-state index contributed by atoms with van der Waals surface area (Å²) < 4.78 is 3.69. The number of hydrogen-bond acceptors (Lipinski definition) is 5. The van der Waals surface area contributed by atoms with Gasteiger partial charge in [-0.15, -0.1) is 0 Å². The van der Waals surface area contributed by atoms with E-state index in [1.165, 1.54) is 0 Å². The van der Waals surface area contributed by atoms with Gasteiger partial charge in [-0.2, -0.15) is 5.10 Å². The predicted molar refractivity (Wildman–Crippen MR) is 83.8 cm³/mol. The van der Waals surface area contributed by atoms with E-state index in [-0.39, 0.29) is 12.1 Å². The number of nitrogens with one attached hydrogen (secondary N) is 1. The second-order valence-corrected chi connectivity index (χ2v) is 6.43. The van der Waals surface area contributed by atoms with Crippen molar-refractivity contribution in [2.45, 2.75) is 32.4 Å². The van der Waals surface area contributed by atoms with E-state index in [1.54, 1.807) is 12.5 Å². The van der Waals surface area contributed by atoms with Crippen molar-refractivity contribution in [3.8, 4) is 0 Å². The topological polar surface area (TPSA) is 81.7 Å². The summed E-state index contributed by atoms with van der Waals surface area (Å²) in [6.45, 7) is 4.13. The average molecular weight is 404 g/mol. The van der Waals surface area contributed by atoms with Crippen LogP contribution in [0.2, 0.25) is 0 Å². The number of nitrogens with zero attached hydrogens (tertiary/aromatic N) is 4. The number of hydrogen-bond donors (Lipinski definition) is 2. The quantitative estimate of drug-likeness (QED) is 0.592. The molecule has 3 N–H and O–H groups in total. The number of rotatable bonds is 5. The maximum Gasteiger partial charge on any atom is 0.138 e. The second-order valence-electron chi connectivity index (χ2n) is 4.66. The van der Waals surface area contributed by atoms with Crippen LogP contribution in [0.25, 0.3) is 0 Å². The third kappa shape index (κ3) is 3.43. The van der Waals surface area contributed by atoms with Crippen LogP contribution in [-0.4, -0.2) is 19.7 Å². The van der Waals surface area contributed by atoms with E-state index in [0.717, 1.165) is 20.5 Å². The van der Waals surface area contributed by atoms with Crippen LogP contribution < -0.4 is 11.3 Å². The van der Waals surface area contributed by atoms with Crippen molar-refractivity contribution in [2.75, 3.05) is 0 Å². The van der Waals surface area contributed by atoms with E-state index in [2.05, 4.69) is 66.2 Å². The number of hydrazine groups is 1. The van der Waals surface area contributed by atoms with E-state index < -0.39 is 0 Å². The lowest BCUT2D eigenvalue weighted by molar-refractivity contribution is 0.463. The van der Waals surface area contributed by atoms with Gasteiger partial charge in [-0.05, 0) is 51.8 Å². The van der Waals surface area contributed by atoms with Crippen LogP contribution in [0.4, 0.5) is 0 Å². The molecule has 0 aliphatic heterocycles. The maximum atomic E-state index is 5.67. The highest BCUT2D eigenvalue weighted by Gasteiger charge is 2.19. The van der Waals surface area contributed by atoms with Crippen molar-refractivity contribution in [1.29, 1.82) is 0 Å². The standard InChI is InChI=1S/C12H16Br2N6/c1-7(2)20-11(17-6-18-20)4-10(19-15)12-9(14)3-8(13)5-16-12/h3,5-7,10,19H,4,15H2,1-2H3. The van der Waals surface area contributed by atoms with Gasteiger partial charge in [0.1, 0.15) is 12.2 Å². The predicted octanol–water partition coefficient (Wildman–Crippen LogP) is 2.53. The molecule has 0 fully saturated rings. The normalized spacial score (nSPS) is 12.9. The van der Waals surface area contributed by atoms with E-state index >= 15 is 0 Å². The number of pyridine rings is 1. The monoisotopic (exact) mass is 402 g/mol. The summed E-state index contributed by atoms with van der Waals surface area (Å²) in [6, 6.07) is 2.06. The van der Waals surface area contributed by atoms with Gasteiger partial charge in [0, 0.05) is 27.6 Å². The van der Waals surface area contributed by atoms with Gasteiger partial charge >= 0.3 is 0 Å². The highest BCUT2D eigenvalue weighted by atomic mass is 79.9. The molecule has 0 spiro atoms. The molecule has 0 bridgehead atoms. The Kier molecular flexibility index (Phi) is 5.25. The lowest BCUT2D eigenvalue weighted by atomic mass is 10.1. The molecular formula is C12H16Br2N6. The van der Waals surface area contributed by atoms with E-state index in [9.17, 15) is 0 Å². The minimum atomic E-state index is -0.140. The first kappa shape index (κ1) is 15.6. The van der Waals surface area contributed by atoms with Crippen molar-refractivity contribution in [3.63, 3.8) is 0 Å². The SMILES string of the molecule is CC(C)n1ncnc1CC(NN)c1ncc(Br)cc1Br. The molecule has 108 valence electrons. The Bertz CT molecular complexity index is 583. The molecule has 8 heteroatoms. The average Bonchev–Trinajstić information content (AvgIpc) is 2.85. The fourth-order valence-electron chi connectivity index (χ4n) is 1.95. The first-order valence-electron chi connectivity index (χ1n) is 6.18. The number of nitrogens with two attached hydrogens (primary N) is 1. The van der Waals surface area contributed by atoms with Crippen molar-refractivity contribution in [3.05, 3.63) is 39.1 Å². The van der Waals surface area contributed by atoms with Crippen LogP contribution in [-0.2, 0) is 6.42 Å². The van der Waals surface area contributed by atoms with Gasteiger partial charge in [-0.1, -0.05) is 0 Å². The van der Waals surface area contributed by atoms with Crippen molar-refractivity contribution >= 4 is 31.9 Å². The third-order valence-corrected chi connectivity index (χ3v) is 3.96. The summed E-state index contributed by atoms with van der Waals surface area (Å²) in [4.78, 5) is 8.71. The summed E-state index contributed by atoms with van der Waals surface area (Å²) in [6.07, 6.45) is 3.92. The molecular weight excluding hydrogens is 388 g/mol. The van der Waals surface area contributed by atoms with Gasteiger partial charge < -0.3 is 0 Å². The molecule has 1 unspecified atom stereocenters. The lowest BCUT2D eigenvalue weighted by Gasteiger charge is -2.18. The molecule has 0 radical (unpaired) electrons. The lowest BCUT2D eigenvalue weighted by Crippen LogP contribution is -2.31. The van der Waals surface area contributed by atoms with Crippen LogP contribution in [0.3, 0.4) is 0 Å². The van der Waals surface area contributed by atoms with Crippen LogP contribution in [0, 0.1) is 0 Å². The van der Waals surface area contributed by atoms with Crippen LogP contribution >= 0.6 is 31.9 Å². The molecule has 0 saturated heterocycles. The summed E-state index contributed by atoms with van der Waals surface area (Å²) in [5, 5.41) is 4.23. The second kappa shape index (κ2) is 6.75. The largest absolute Gasteiger partial charge is 0.271 e. The molecule has 0 aliphatic carbocycles. The first-order valence-corrected chi connectivity index (χ1v) is 7.77. The molecule has 2 rings (SSSR count). The maximum absolute atomic E-state index is 5.67. The zero-order chi connectivity index (χ0) is 14.7. The molecule has 0 amide bonds. The molecule has 6 nitrogen and oxygen atoms in total. The van der Waals surface area contributed by atoms with Crippen LogP contribution in [0.1, 0.15) is 37.4 Å². The van der Waals surface area contributed by atoms with Crippen molar-refractivity contribution < 1.29 is 0 Å². The Hall–Kier alpha value is -0.830. The van der Waals surface area contributed by atoms with Crippen molar-refractivity contribution in [2.24, 2.45) is 5.84 Å². The van der Waals surface area contributed by atoms with Gasteiger partial charge in [-0.3, -0.25) is 16.3 Å². The Morgan fingerprint density at radius 2 is 2.10 bits per heavy atom. The number of halogens is 2. The van der Waals surface area contributed by atoms with Crippen LogP contribution in [0.15, 0.2) is 27.5 Å². The Balaban J connectivity index is 2.27. The molecule has 0 saturated carbocycles. The smallest absolute Gasteiger partial charge is 0.138 e. The van der Waals surface area contributed by atoms with E-state index in [1.807, 2.05) is 10.7 Å². The molecule has 2 aromatic rings. The Morgan fingerprint density at radius 1 is 1.35 bits per heavy atom. The highest BCUT2D eigenvalue weighted by Crippen LogP contribution is 2.26. The zero-order valence-electron chi connectivity index (χ0n) is 11.2. The van der Waals surface area contributed by atoms with E-state index in [0.29, 0.717) is 6.42 Å². The zero-order valence-corrected chi connectivity index (χ0v) is 14.4. The minimum Gasteiger partial charge on any atom is -0.271 e.